The van der Waals surface area contributed by atoms with Crippen LogP contribution >= 0.6 is 11.6 Å². The maximum absolute atomic E-state index is 14.1. The lowest BCUT2D eigenvalue weighted by atomic mass is 9.93. The molecule has 0 aliphatic carbocycles. The summed E-state index contributed by atoms with van der Waals surface area (Å²) in [6.45, 7) is 8.04. The third-order valence-corrected chi connectivity index (χ3v) is 8.62. The van der Waals surface area contributed by atoms with E-state index in [0.29, 0.717) is 35.4 Å². The predicted molar refractivity (Wildman–Crippen MR) is 184 cm³/mol. The number of rotatable bonds is 14. The van der Waals surface area contributed by atoms with Crippen LogP contribution in [0, 0.1) is 12.7 Å². The number of piperidine rings is 1. The second kappa shape index (κ2) is 17.7. The minimum Gasteiger partial charge on any atom is -0.473 e. The Balaban J connectivity index is 0.000000349. The number of nitrogens with zero attached hydrogens (tertiary/aromatic N) is 6. The lowest BCUT2D eigenvalue weighted by molar-refractivity contribution is -0.109. The van der Waals surface area contributed by atoms with E-state index in [1.54, 1.807) is 31.8 Å². The summed E-state index contributed by atoms with van der Waals surface area (Å²) in [6, 6.07) is 16.9. The Morgan fingerprint density at radius 3 is 2.69 bits per heavy atom. The second-order valence-corrected chi connectivity index (χ2v) is 12.3. The number of methoxy groups -OCH3 is 1. The van der Waals surface area contributed by atoms with Gasteiger partial charge in [-0.05, 0) is 75.2 Å². The Bertz CT molecular complexity index is 1740. The van der Waals surface area contributed by atoms with Crippen LogP contribution < -0.4 is 10.1 Å². The van der Waals surface area contributed by atoms with E-state index in [0.717, 1.165) is 81.1 Å². The first-order chi connectivity index (χ1) is 23.4. The lowest BCUT2D eigenvalue weighted by Crippen LogP contribution is -2.33. The van der Waals surface area contributed by atoms with Crippen LogP contribution in [0.25, 0.3) is 11.0 Å². The van der Waals surface area contributed by atoms with E-state index in [-0.39, 0.29) is 12.4 Å². The molecule has 12 heteroatoms. The molecule has 0 spiro atoms. The highest BCUT2D eigenvalue weighted by Crippen LogP contribution is 2.29. The van der Waals surface area contributed by atoms with Crippen molar-refractivity contribution in [2.45, 2.75) is 58.3 Å². The van der Waals surface area contributed by atoms with E-state index < -0.39 is 0 Å². The molecule has 3 aromatic heterocycles. The van der Waals surface area contributed by atoms with Gasteiger partial charge in [-0.15, -0.1) is 0 Å². The molecule has 0 bridgehead atoms. The van der Waals surface area contributed by atoms with Crippen molar-refractivity contribution < 1.29 is 18.7 Å². The summed E-state index contributed by atoms with van der Waals surface area (Å²) in [5.74, 6) is 1.58. The largest absolute Gasteiger partial charge is 0.473 e. The average Bonchev–Trinajstić information content (AvgIpc) is 3.73. The van der Waals surface area contributed by atoms with Crippen molar-refractivity contribution in [3.05, 3.63) is 107 Å². The zero-order chi connectivity index (χ0) is 33.7. The number of amides is 1. The number of hydrogen-bond acceptors (Lipinski definition) is 7. The van der Waals surface area contributed by atoms with Gasteiger partial charge in [0, 0.05) is 67.4 Å². The molecule has 6 rings (SSSR count). The van der Waals surface area contributed by atoms with E-state index in [9.17, 15) is 9.18 Å². The van der Waals surface area contributed by atoms with Crippen LogP contribution in [-0.4, -0.2) is 68.7 Å². The first-order valence-corrected chi connectivity index (χ1v) is 16.6. The molecule has 1 fully saturated rings. The minimum absolute atomic E-state index is 0.113. The van der Waals surface area contributed by atoms with Gasteiger partial charge in [-0.2, -0.15) is 0 Å². The van der Waals surface area contributed by atoms with Crippen molar-refractivity contribution in [2.75, 3.05) is 33.4 Å². The van der Waals surface area contributed by atoms with Crippen LogP contribution in [0.2, 0.25) is 5.02 Å². The van der Waals surface area contributed by atoms with Gasteiger partial charge in [-0.1, -0.05) is 29.8 Å². The van der Waals surface area contributed by atoms with Gasteiger partial charge in [0.05, 0.1) is 30.5 Å². The number of likely N-dealkylation sites (tertiary alicyclic amines) is 1. The quantitative estimate of drug-likeness (QED) is 0.111. The van der Waals surface area contributed by atoms with Gasteiger partial charge in [-0.3, -0.25) is 9.69 Å². The van der Waals surface area contributed by atoms with Crippen LogP contribution in [0.1, 0.15) is 47.8 Å². The van der Waals surface area contributed by atoms with Crippen molar-refractivity contribution in [1.82, 2.24) is 34.3 Å². The average molecular weight is 676 g/mol. The number of hydrogen-bond donors (Lipinski definition) is 1. The number of imidazole rings is 2. The van der Waals surface area contributed by atoms with Crippen LogP contribution in [0.3, 0.4) is 0 Å². The van der Waals surface area contributed by atoms with Gasteiger partial charge in [0.1, 0.15) is 18.2 Å². The summed E-state index contributed by atoms with van der Waals surface area (Å²) in [4.78, 5) is 25.9. The van der Waals surface area contributed by atoms with Gasteiger partial charge in [0.2, 0.25) is 12.3 Å². The number of nitrogens with one attached hydrogen (secondary N) is 1. The summed E-state index contributed by atoms with van der Waals surface area (Å²) < 4.78 is 29.5. The highest BCUT2D eigenvalue weighted by Gasteiger charge is 2.24. The second-order valence-electron chi connectivity index (χ2n) is 11.9. The molecule has 1 saturated heterocycles. The molecule has 10 nitrogen and oxygen atoms in total. The zero-order valence-electron chi connectivity index (χ0n) is 27.5. The molecular weight excluding hydrogens is 633 g/mol. The van der Waals surface area contributed by atoms with Crippen LogP contribution in [0.5, 0.6) is 5.88 Å². The molecular formula is C36H43ClFN7O3. The number of fused-ring (bicyclic) bond motifs is 1. The first-order valence-electron chi connectivity index (χ1n) is 16.3. The SMILES string of the molecule is COCCn1c(CN2CCC(c3cccc(OCc4ccc(Cl)cc4F)n3)CC2)nc2cc(C)ccc21.O=CNCCCn1ccnc1. The number of benzene rings is 2. The Labute approximate surface area is 285 Å². The standard InChI is InChI=1S/C29H32ClFN4O2.C7H11N3O/c1-20-6-9-27-26(16-20)32-28(35(27)14-15-36-2)18-34-12-10-21(11-13-34)25-4-3-5-29(33-25)37-19-22-7-8-23(30)17-24(22)31;11-7-9-2-1-4-10-5-3-8-6-10/h3-9,16-17,21H,10-15,18-19H2,1-2H3;3,5-7H,1-2,4H2,(H,9,11). The maximum Gasteiger partial charge on any atom is 0.213 e. The Kier molecular flexibility index (Phi) is 12.9. The van der Waals surface area contributed by atoms with Gasteiger partial charge < -0.3 is 23.9 Å². The zero-order valence-corrected chi connectivity index (χ0v) is 28.3. The number of carbonyl (C=O) groups excluding carboxylic acids is 1. The number of pyridine rings is 1. The topological polar surface area (TPSA) is 99.3 Å². The molecule has 0 radical (unpaired) electrons. The van der Waals surface area contributed by atoms with Gasteiger partial charge >= 0.3 is 0 Å². The van der Waals surface area contributed by atoms with Crippen LogP contribution in [-0.2, 0) is 35.8 Å². The molecule has 1 N–H and O–H groups in total. The van der Waals surface area contributed by atoms with Gasteiger partial charge in [0.15, 0.2) is 0 Å². The summed E-state index contributed by atoms with van der Waals surface area (Å²) in [5, 5.41) is 2.97. The highest BCUT2D eigenvalue weighted by molar-refractivity contribution is 6.30. The lowest BCUT2D eigenvalue weighted by Gasteiger charge is -2.31. The molecule has 1 aliphatic rings. The van der Waals surface area contributed by atoms with Crippen molar-refractivity contribution in [1.29, 1.82) is 0 Å². The van der Waals surface area contributed by atoms with E-state index >= 15 is 0 Å². The van der Waals surface area contributed by atoms with Gasteiger partial charge in [0.25, 0.3) is 0 Å². The monoisotopic (exact) mass is 675 g/mol. The molecule has 2 aromatic carbocycles. The third kappa shape index (κ3) is 9.85. The number of aromatic nitrogens is 5. The molecule has 0 unspecified atom stereocenters. The normalized spacial score (nSPS) is 13.7. The molecule has 254 valence electrons. The Hall–Kier alpha value is -4.32. The maximum atomic E-state index is 14.1. The van der Waals surface area contributed by atoms with E-state index in [4.69, 9.17) is 31.0 Å². The highest BCUT2D eigenvalue weighted by atomic mass is 35.5. The van der Waals surface area contributed by atoms with Crippen molar-refractivity contribution in [2.24, 2.45) is 0 Å². The van der Waals surface area contributed by atoms with E-state index in [2.05, 4.69) is 51.0 Å². The van der Waals surface area contributed by atoms with Crippen LogP contribution in [0.4, 0.5) is 4.39 Å². The molecule has 5 aromatic rings. The number of aryl methyl sites for hydroxylation is 2. The Morgan fingerprint density at radius 2 is 1.94 bits per heavy atom. The number of halogens is 2. The van der Waals surface area contributed by atoms with Gasteiger partial charge in [-0.25, -0.2) is 19.3 Å². The van der Waals surface area contributed by atoms with Crippen molar-refractivity contribution in [3.63, 3.8) is 0 Å². The van der Waals surface area contributed by atoms with E-state index in [1.165, 1.54) is 11.6 Å². The summed E-state index contributed by atoms with van der Waals surface area (Å²) in [6.07, 6.45) is 9.09. The molecule has 0 atom stereocenters. The summed E-state index contributed by atoms with van der Waals surface area (Å²) >= 11 is 5.84. The minimum atomic E-state index is -0.373. The predicted octanol–water partition coefficient (Wildman–Crippen LogP) is 6.16. The Morgan fingerprint density at radius 1 is 1.08 bits per heavy atom. The molecule has 1 aliphatic heterocycles. The van der Waals surface area contributed by atoms with Crippen molar-refractivity contribution in [3.8, 4) is 5.88 Å². The fourth-order valence-electron chi connectivity index (χ4n) is 5.80. The number of carbonyl (C=O) groups is 1. The molecule has 0 saturated carbocycles. The third-order valence-electron chi connectivity index (χ3n) is 8.39. The fourth-order valence-corrected chi connectivity index (χ4v) is 5.96. The number of ether oxygens (including phenoxy) is 2. The smallest absolute Gasteiger partial charge is 0.213 e. The summed E-state index contributed by atoms with van der Waals surface area (Å²) in [7, 11) is 1.73. The van der Waals surface area contributed by atoms with Crippen LogP contribution in [0.15, 0.2) is 73.3 Å². The fraction of sp³-hybridized carbons (Fsp3) is 0.389. The molecule has 4 heterocycles. The van der Waals surface area contributed by atoms with Crippen molar-refractivity contribution >= 4 is 29.0 Å². The first kappa shape index (κ1) is 35.0. The van der Waals surface area contributed by atoms with E-state index in [1.807, 2.05) is 22.9 Å². The molecule has 48 heavy (non-hydrogen) atoms. The summed E-state index contributed by atoms with van der Waals surface area (Å²) in [5.41, 5.74) is 4.90. The molecule has 1 amide bonds.